The van der Waals surface area contributed by atoms with Gasteiger partial charge in [-0.1, -0.05) is 20.8 Å². The highest BCUT2D eigenvalue weighted by atomic mass is 16.5. The molecule has 3 heteroatoms. The molecule has 3 nitrogen and oxygen atoms in total. The SMILES string of the molecule is CCN1CCC(COCCN2CCC(C(C)C)CC2)CC1. The molecule has 0 aromatic carbocycles. The number of ether oxygens (including phenoxy) is 1. The van der Waals surface area contributed by atoms with Crippen LogP contribution >= 0.6 is 0 Å². The molecule has 2 fully saturated rings. The van der Waals surface area contributed by atoms with Crippen LogP contribution in [0.25, 0.3) is 0 Å². The lowest BCUT2D eigenvalue weighted by Gasteiger charge is -2.34. The van der Waals surface area contributed by atoms with Gasteiger partial charge < -0.3 is 14.5 Å². The summed E-state index contributed by atoms with van der Waals surface area (Å²) in [5.41, 5.74) is 0. The van der Waals surface area contributed by atoms with E-state index in [-0.39, 0.29) is 0 Å². The summed E-state index contributed by atoms with van der Waals surface area (Å²) in [7, 11) is 0. The van der Waals surface area contributed by atoms with Crippen LogP contribution in [-0.4, -0.2) is 62.3 Å². The van der Waals surface area contributed by atoms with E-state index < -0.39 is 0 Å². The summed E-state index contributed by atoms with van der Waals surface area (Å²) < 4.78 is 5.96. The molecule has 2 saturated heterocycles. The van der Waals surface area contributed by atoms with E-state index in [1.165, 1.54) is 58.4 Å². The fourth-order valence-electron chi connectivity index (χ4n) is 3.76. The Labute approximate surface area is 132 Å². The minimum Gasteiger partial charge on any atom is -0.380 e. The molecular weight excluding hydrogens is 260 g/mol. The molecule has 2 aliphatic heterocycles. The van der Waals surface area contributed by atoms with Crippen molar-refractivity contribution in [3.63, 3.8) is 0 Å². The summed E-state index contributed by atoms with van der Waals surface area (Å²) in [6.45, 7) is 16.4. The maximum Gasteiger partial charge on any atom is 0.0593 e. The lowest BCUT2D eigenvalue weighted by atomic mass is 9.87. The van der Waals surface area contributed by atoms with E-state index in [0.29, 0.717) is 0 Å². The molecule has 2 rings (SSSR count). The van der Waals surface area contributed by atoms with Crippen molar-refractivity contribution < 1.29 is 4.74 Å². The summed E-state index contributed by atoms with van der Waals surface area (Å²) >= 11 is 0. The molecule has 0 aliphatic carbocycles. The Morgan fingerprint density at radius 1 is 0.952 bits per heavy atom. The van der Waals surface area contributed by atoms with Crippen LogP contribution in [0.5, 0.6) is 0 Å². The number of piperidine rings is 2. The average molecular weight is 296 g/mol. The summed E-state index contributed by atoms with van der Waals surface area (Å²) in [4.78, 5) is 5.15. The van der Waals surface area contributed by atoms with Gasteiger partial charge in [-0.3, -0.25) is 0 Å². The number of rotatable bonds is 7. The van der Waals surface area contributed by atoms with Crippen LogP contribution in [0.4, 0.5) is 0 Å². The molecule has 0 saturated carbocycles. The molecule has 0 amide bonds. The second kappa shape index (κ2) is 9.12. The third-order valence-electron chi connectivity index (χ3n) is 5.63. The van der Waals surface area contributed by atoms with Gasteiger partial charge in [0.1, 0.15) is 0 Å². The van der Waals surface area contributed by atoms with Gasteiger partial charge in [0, 0.05) is 13.2 Å². The Balaban J connectivity index is 1.49. The Hall–Kier alpha value is -0.120. The van der Waals surface area contributed by atoms with Crippen LogP contribution < -0.4 is 0 Å². The maximum atomic E-state index is 5.96. The topological polar surface area (TPSA) is 15.7 Å². The molecule has 0 spiro atoms. The number of hydrogen-bond acceptors (Lipinski definition) is 3. The first-order valence-corrected chi connectivity index (χ1v) is 9.21. The van der Waals surface area contributed by atoms with E-state index in [9.17, 15) is 0 Å². The Morgan fingerprint density at radius 3 is 2.14 bits per heavy atom. The lowest BCUT2D eigenvalue weighted by molar-refractivity contribution is 0.0462. The van der Waals surface area contributed by atoms with Crippen LogP contribution in [0, 0.1) is 17.8 Å². The smallest absolute Gasteiger partial charge is 0.0593 e. The molecular formula is C18H36N2O. The predicted octanol–water partition coefficient (Wildman–Crippen LogP) is 3.10. The van der Waals surface area contributed by atoms with E-state index in [1.807, 2.05) is 0 Å². The molecule has 0 bridgehead atoms. The van der Waals surface area contributed by atoms with Gasteiger partial charge in [-0.25, -0.2) is 0 Å². The largest absolute Gasteiger partial charge is 0.380 e. The quantitative estimate of drug-likeness (QED) is 0.671. The highest BCUT2D eigenvalue weighted by molar-refractivity contribution is 4.74. The van der Waals surface area contributed by atoms with Crippen molar-refractivity contribution in [1.82, 2.24) is 9.80 Å². The fourth-order valence-corrected chi connectivity index (χ4v) is 3.76. The van der Waals surface area contributed by atoms with Crippen molar-refractivity contribution in [1.29, 1.82) is 0 Å². The molecule has 0 radical (unpaired) electrons. The second-order valence-corrected chi connectivity index (χ2v) is 7.38. The third-order valence-corrected chi connectivity index (χ3v) is 5.63. The number of likely N-dealkylation sites (tertiary alicyclic amines) is 2. The van der Waals surface area contributed by atoms with Crippen molar-refractivity contribution in [3.8, 4) is 0 Å². The highest BCUT2D eigenvalue weighted by Crippen LogP contribution is 2.24. The van der Waals surface area contributed by atoms with Crippen molar-refractivity contribution >= 4 is 0 Å². The minimum atomic E-state index is 0.805. The fraction of sp³-hybridized carbons (Fsp3) is 1.00. The Bertz CT molecular complexity index is 266. The summed E-state index contributed by atoms with van der Waals surface area (Å²) in [6.07, 6.45) is 5.42. The maximum absolute atomic E-state index is 5.96. The van der Waals surface area contributed by atoms with E-state index in [2.05, 4.69) is 30.6 Å². The normalized spacial score (nSPS) is 24.0. The minimum absolute atomic E-state index is 0.805. The van der Waals surface area contributed by atoms with Gasteiger partial charge in [-0.15, -0.1) is 0 Å². The zero-order valence-corrected chi connectivity index (χ0v) is 14.5. The monoisotopic (exact) mass is 296 g/mol. The van der Waals surface area contributed by atoms with Crippen molar-refractivity contribution in [2.24, 2.45) is 17.8 Å². The summed E-state index contributed by atoms with van der Waals surface area (Å²) in [5.74, 6) is 2.61. The van der Waals surface area contributed by atoms with E-state index in [4.69, 9.17) is 4.74 Å². The van der Waals surface area contributed by atoms with Crippen LogP contribution in [0.2, 0.25) is 0 Å². The van der Waals surface area contributed by atoms with E-state index >= 15 is 0 Å². The summed E-state index contributed by atoms with van der Waals surface area (Å²) in [5, 5.41) is 0. The Morgan fingerprint density at radius 2 is 1.57 bits per heavy atom. The van der Waals surface area contributed by atoms with Crippen molar-refractivity contribution in [2.45, 2.75) is 46.5 Å². The molecule has 0 unspecified atom stereocenters. The lowest BCUT2D eigenvalue weighted by Crippen LogP contribution is -2.38. The molecule has 0 aromatic heterocycles. The zero-order valence-electron chi connectivity index (χ0n) is 14.5. The number of nitrogens with zero attached hydrogens (tertiary/aromatic N) is 2. The van der Waals surface area contributed by atoms with Gasteiger partial charge >= 0.3 is 0 Å². The average Bonchev–Trinajstić information content (AvgIpc) is 2.52. The van der Waals surface area contributed by atoms with Gasteiger partial charge in [0.05, 0.1) is 6.61 Å². The molecule has 0 atom stereocenters. The molecule has 0 N–H and O–H groups in total. The van der Waals surface area contributed by atoms with Gasteiger partial charge in [0.2, 0.25) is 0 Å². The van der Waals surface area contributed by atoms with Crippen LogP contribution in [-0.2, 0) is 4.74 Å². The first-order chi connectivity index (χ1) is 10.2. The molecule has 0 aromatic rings. The number of hydrogen-bond donors (Lipinski definition) is 0. The second-order valence-electron chi connectivity index (χ2n) is 7.38. The molecule has 2 heterocycles. The van der Waals surface area contributed by atoms with Crippen LogP contribution in [0.15, 0.2) is 0 Å². The van der Waals surface area contributed by atoms with Gasteiger partial charge in [-0.2, -0.15) is 0 Å². The van der Waals surface area contributed by atoms with E-state index in [0.717, 1.165) is 37.5 Å². The van der Waals surface area contributed by atoms with Gasteiger partial charge in [-0.05, 0) is 76.2 Å². The van der Waals surface area contributed by atoms with Crippen LogP contribution in [0.1, 0.15) is 46.5 Å². The third kappa shape index (κ3) is 5.88. The zero-order chi connectivity index (χ0) is 15.1. The molecule has 124 valence electrons. The van der Waals surface area contributed by atoms with Gasteiger partial charge in [0.15, 0.2) is 0 Å². The first kappa shape index (κ1) is 17.2. The van der Waals surface area contributed by atoms with Crippen molar-refractivity contribution in [2.75, 3.05) is 52.5 Å². The van der Waals surface area contributed by atoms with Crippen molar-refractivity contribution in [3.05, 3.63) is 0 Å². The van der Waals surface area contributed by atoms with Crippen LogP contribution in [0.3, 0.4) is 0 Å². The summed E-state index contributed by atoms with van der Waals surface area (Å²) in [6, 6.07) is 0. The van der Waals surface area contributed by atoms with Gasteiger partial charge in [0.25, 0.3) is 0 Å². The predicted molar refractivity (Wildman–Crippen MR) is 89.7 cm³/mol. The molecule has 2 aliphatic rings. The molecule has 21 heavy (non-hydrogen) atoms. The highest BCUT2D eigenvalue weighted by Gasteiger charge is 2.21. The Kier molecular flexibility index (Phi) is 7.48. The first-order valence-electron chi connectivity index (χ1n) is 9.21. The van der Waals surface area contributed by atoms with E-state index in [1.54, 1.807) is 0 Å². The standard InChI is InChI=1S/C18H36N2O/c1-4-19-9-5-17(6-10-19)15-21-14-13-20-11-7-18(8-12-20)16(2)3/h16-18H,4-15H2,1-3H3.